The van der Waals surface area contributed by atoms with E-state index in [0.717, 1.165) is 141 Å². The van der Waals surface area contributed by atoms with Gasteiger partial charge in [0, 0.05) is 12.8 Å². The molecule has 0 spiro atoms. The number of carbonyl (C=O) groups excluding carboxylic acids is 2. The number of hydrogen-bond donors (Lipinski definition) is 2. The highest BCUT2D eigenvalue weighted by Gasteiger charge is 2.30. The monoisotopic (exact) mass is 1170 g/mol. The van der Waals surface area contributed by atoms with Crippen LogP contribution in [0.15, 0.2) is 146 Å². The lowest BCUT2D eigenvalue weighted by Gasteiger charge is -2.27. The lowest BCUT2D eigenvalue weighted by atomic mass is 10.1. The number of allylic oxidation sites excluding steroid dienone is 23. The van der Waals surface area contributed by atoms with Crippen LogP contribution in [0.4, 0.5) is 0 Å². The summed E-state index contributed by atoms with van der Waals surface area (Å²) in [5.41, 5.74) is 0. The van der Waals surface area contributed by atoms with Gasteiger partial charge in [0.05, 0.1) is 33.8 Å². The maximum Gasteiger partial charge on any atom is 0.472 e. The van der Waals surface area contributed by atoms with Crippen LogP contribution in [-0.2, 0) is 27.9 Å². The van der Waals surface area contributed by atoms with Gasteiger partial charge in [-0.1, -0.05) is 257 Å². The molecule has 0 aliphatic heterocycles. The maximum atomic E-state index is 13.6. The van der Waals surface area contributed by atoms with E-state index in [1.54, 1.807) is 0 Å². The Morgan fingerprint density at radius 1 is 0.434 bits per heavy atom. The second-order valence-electron chi connectivity index (χ2n) is 22.9. The van der Waals surface area contributed by atoms with E-state index in [1.165, 1.54) is 70.6 Å². The molecule has 0 radical (unpaired) electrons. The predicted molar refractivity (Wildman–Crippen MR) is 359 cm³/mol. The summed E-state index contributed by atoms with van der Waals surface area (Å²) in [7, 11) is 1.45. The maximum absolute atomic E-state index is 13.6. The molecule has 2 N–H and O–H groups in total. The predicted octanol–water partition coefficient (Wildman–Crippen LogP) is 21.0. The molecule has 0 heterocycles. The molecule has 0 saturated carbocycles. The van der Waals surface area contributed by atoms with Gasteiger partial charge in [0.1, 0.15) is 19.3 Å². The lowest BCUT2D eigenvalue weighted by Crippen LogP contribution is -2.47. The number of amides is 1. The lowest BCUT2D eigenvalue weighted by molar-refractivity contribution is -0.870. The molecule has 1 amide bonds. The van der Waals surface area contributed by atoms with E-state index in [9.17, 15) is 19.0 Å². The third kappa shape index (κ3) is 62.2. The van der Waals surface area contributed by atoms with Crippen molar-refractivity contribution >= 4 is 19.7 Å². The van der Waals surface area contributed by atoms with Crippen molar-refractivity contribution in [2.75, 3.05) is 40.9 Å². The first-order valence-corrected chi connectivity index (χ1v) is 34.7. The molecule has 0 bridgehead atoms. The highest BCUT2D eigenvalue weighted by Crippen LogP contribution is 2.43. The Morgan fingerprint density at radius 2 is 0.771 bits per heavy atom. The smallest absolute Gasteiger partial charge is 0.456 e. The third-order valence-corrected chi connectivity index (χ3v) is 14.8. The molecule has 10 heteroatoms. The van der Waals surface area contributed by atoms with Gasteiger partial charge in [-0.2, -0.15) is 0 Å². The number of quaternary nitrogens is 1. The molecule has 9 nitrogen and oxygen atoms in total. The van der Waals surface area contributed by atoms with Gasteiger partial charge in [0.15, 0.2) is 0 Å². The highest BCUT2D eigenvalue weighted by molar-refractivity contribution is 7.47. The van der Waals surface area contributed by atoms with Crippen molar-refractivity contribution in [1.82, 2.24) is 5.32 Å². The molecular weight excluding hydrogens is 1050 g/mol. The molecule has 0 fully saturated rings. The normalized spacial score (nSPS) is 14.5. The van der Waals surface area contributed by atoms with Crippen molar-refractivity contribution in [3.63, 3.8) is 0 Å². The molecule has 472 valence electrons. The number of ether oxygens (including phenoxy) is 1. The largest absolute Gasteiger partial charge is 0.472 e. The van der Waals surface area contributed by atoms with Crippen LogP contribution in [0.3, 0.4) is 0 Å². The van der Waals surface area contributed by atoms with E-state index in [1.807, 2.05) is 33.3 Å². The number of rotatable bonds is 58. The van der Waals surface area contributed by atoms with Gasteiger partial charge in [0.2, 0.25) is 5.91 Å². The number of phosphoric acid groups is 1. The molecule has 0 aromatic carbocycles. The zero-order valence-electron chi connectivity index (χ0n) is 53.9. The van der Waals surface area contributed by atoms with Crippen LogP contribution < -0.4 is 5.32 Å². The van der Waals surface area contributed by atoms with E-state index in [4.69, 9.17) is 13.8 Å². The van der Waals surface area contributed by atoms with E-state index >= 15 is 0 Å². The second-order valence-corrected chi connectivity index (χ2v) is 24.3. The fourth-order valence-electron chi connectivity index (χ4n) is 8.73. The third-order valence-electron chi connectivity index (χ3n) is 13.8. The summed E-state index contributed by atoms with van der Waals surface area (Å²) in [6, 6.07) is -0.881. The Bertz CT molecular complexity index is 1930. The van der Waals surface area contributed by atoms with Gasteiger partial charge in [-0.3, -0.25) is 18.6 Å². The summed E-state index contributed by atoms with van der Waals surface area (Å²) in [4.78, 5) is 37.8. The van der Waals surface area contributed by atoms with Crippen LogP contribution in [0.5, 0.6) is 0 Å². The van der Waals surface area contributed by atoms with Crippen LogP contribution in [0.25, 0.3) is 0 Å². The number of esters is 1. The van der Waals surface area contributed by atoms with E-state index < -0.39 is 20.0 Å². The summed E-state index contributed by atoms with van der Waals surface area (Å²) >= 11 is 0. The zero-order chi connectivity index (χ0) is 60.7. The summed E-state index contributed by atoms with van der Waals surface area (Å²) in [6.07, 6.45) is 88.6. The Kier molecular flexibility index (Phi) is 58.0. The Hall–Kier alpha value is -4.11. The quantitative estimate of drug-likeness (QED) is 0.0205. The molecule has 3 unspecified atom stereocenters. The number of nitrogens with zero attached hydrogens (tertiary/aromatic N) is 1. The topological polar surface area (TPSA) is 111 Å². The SMILES string of the molecule is CC/C=C\C/C=C\C/C=C\C/C=C\C/C=C\C/C=C\CCCCCCCCCCC(=O)OC(/C=C\CCCCCCCCCCC)C(COP(=O)(O)OCC[N+](C)(C)C)NC(=O)CCCCC/C=C\C/C=C\C/C=C\C/C=C\C/C=C\CC. The van der Waals surface area contributed by atoms with Gasteiger partial charge >= 0.3 is 13.8 Å². The minimum Gasteiger partial charge on any atom is -0.456 e. The first-order valence-electron chi connectivity index (χ1n) is 33.2. The van der Waals surface area contributed by atoms with E-state index in [0.29, 0.717) is 17.4 Å². The second kappa shape index (κ2) is 61.0. The van der Waals surface area contributed by atoms with Crippen molar-refractivity contribution in [2.45, 2.75) is 264 Å². The Morgan fingerprint density at radius 3 is 1.17 bits per heavy atom. The van der Waals surface area contributed by atoms with Crippen molar-refractivity contribution in [1.29, 1.82) is 0 Å². The minimum atomic E-state index is -4.47. The van der Waals surface area contributed by atoms with Gasteiger partial charge in [0.25, 0.3) is 0 Å². The van der Waals surface area contributed by atoms with Crippen molar-refractivity contribution < 1.29 is 37.3 Å². The number of phosphoric ester groups is 1. The minimum absolute atomic E-state index is 0.0239. The summed E-state index contributed by atoms with van der Waals surface area (Å²) in [5, 5.41) is 3.03. The van der Waals surface area contributed by atoms with Gasteiger partial charge in [-0.15, -0.1) is 0 Å². The van der Waals surface area contributed by atoms with Crippen molar-refractivity contribution in [3.8, 4) is 0 Å². The fraction of sp³-hybridized carbons (Fsp3) is 0.644. The number of nitrogens with one attached hydrogen (secondary N) is 1. The van der Waals surface area contributed by atoms with Gasteiger partial charge in [-0.05, 0) is 128 Å². The molecule has 3 atom stereocenters. The molecule has 0 rings (SSSR count). The molecule has 0 aromatic heterocycles. The Balaban J connectivity index is 5.18. The molecule has 0 aromatic rings. The molecule has 0 aliphatic carbocycles. The van der Waals surface area contributed by atoms with E-state index in [-0.39, 0.29) is 37.9 Å². The van der Waals surface area contributed by atoms with Gasteiger partial charge in [-0.25, -0.2) is 4.57 Å². The number of likely N-dealkylation sites (N-methyl/N-ethyl adjacent to an activating group) is 1. The van der Waals surface area contributed by atoms with E-state index in [2.05, 4.69) is 160 Å². The summed E-state index contributed by atoms with van der Waals surface area (Å²) < 4.78 is 30.7. The molecule has 83 heavy (non-hydrogen) atoms. The van der Waals surface area contributed by atoms with Gasteiger partial charge < -0.3 is 19.4 Å². The Labute approximate surface area is 510 Å². The molecule has 0 saturated heterocycles. The first-order chi connectivity index (χ1) is 40.4. The number of carbonyl (C=O) groups is 2. The van der Waals surface area contributed by atoms with Crippen LogP contribution in [0.1, 0.15) is 252 Å². The standard InChI is InChI=1S/C73H123N2O7P/c1-7-10-13-16-19-22-25-27-29-31-33-34-35-36-37-38-39-40-42-44-46-48-51-54-57-60-63-66-73(77)82-71(64-61-58-55-52-49-24-21-18-15-12-9-3)70(69-81-83(78,79)80-68-67-75(4,5)6)74-72(76)65-62-59-56-53-50-47-45-43-41-32-30-28-26-23-20-17-14-11-8-2/h10-11,13-14,19-20,22-23,27-30,33-34,36-37,39-41,43,47,50,61,64,70-71H,7-9,12,15-18,21,24-26,31-32,35,38,42,44-46,48-49,51-60,62-63,65-69H2,1-6H3,(H-,74,76,78,79)/p+1/b13-10-,14-11-,22-19-,23-20-,29-27-,30-28-,34-33-,37-36-,40-39-,43-41-,50-47-,64-61-. The molecular formula is C73H124N2O7P+. The number of hydrogen-bond acceptors (Lipinski definition) is 6. The van der Waals surface area contributed by atoms with Crippen molar-refractivity contribution in [3.05, 3.63) is 146 Å². The fourth-order valence-corrected chi connectivity index (χ4v) is 9.47. The molecule has 0 aliphatic rings. The van der Waals surface area contributed by atoms with Crippen LogP contribution in [0, 0.1) is 0 Å². The van der Waals surface area contributed by atoms with Crippen LogP contribution in [0.2, 0.25) is 0 Å². The average molecular weight is 1170 g/mol. The summed E-state index contributed by atoms with van der Waals surface area (Å²) in [5.74, 6) is -0.563. The van der Waals surface area contributed by atoms with Crippen LogP contribution in [-0.4, -0.2) is 74.3 Å². The summed E-state index contributed by atoms with van der Waals surface area (Å²) in [6.45, 7) is 6.73. The zero-order valence-corrected chi connectivity index (χ0v) is 54.8. The highest BCUT2D eigenvalue weighted by atomic mass is 31.2. The first kappa shape index (κ1) is 78.9. The average Bonchev–Trinajstić information content (AvgIpc) is 3.51. The van der Waals surface area contributed by atoms with Crippen LogP contribution >= 0.6 is 7.82 Å². The van der Waals surface area contributed by atoms with Crippen molar-refractivity contribution in [2.24, 2.45) is 0 Å². The number of unbranched alkanes of at least 4 members (excludes halogenated alkanes) is 20.